The summed E-state index contributed by atoms with van der Waals surface area (Å²) in [6.45, 7) is 1.69. The number of H-pyrrole nitrogens is 1. The number of hydrogen-bond donors (Lipinski definition) is 2. The first kappa shape index (κ1) is 14.1. The Hall–Kier alpha value is -0.920. The van der Waals surface area contributed by atoms with Crippen molar-refractivity contribution in [3.05, 3.63) is 28.9 Å². The number of hydrogen-bond acceptors (Lipinski definition) is 3. The zero-order chi connectivity index (χ0) is 12.9. The summed E-state index contributed by atoms with van der Waals surface area (Å²) in [5.74, 6) is -0.132. The van der Waals surface area contributed by atoms with Crippen LogP contribution in [0.15, 0.2) is 28.9 Å². The van der Waals surface area contributed by atoms with Gasteiger partial charge in [0.1, 0.15) is 0 Å². The van der Waals surface area contributed by atoms with E-state index in [1.807, 2.05) is 18.2 Å². The molecule has 2 rings (SSSR count). The molecule has 0 fully saturated rings. The van der Waals surface area contributed by atoms with Crippen LogP contribution in [0.25, 0.3) is 10.9 Å². The van der Waals surface area contributed by atoms with E-state index in [0.717, 1.165) is 15.4 Å². The Balaban J connectivity index is 0.000000185. The topological polar surface area (TPSA) is 83.0 Å². The summed E-state index contributed by atoms with van der Waals surface area (Å²) in [6.07, 6.45) is 2.28. The average molecular weight is 321 g/mol. The molecule has 0 unspecified atom stereocenters. The molecule has 1 aromatic carbocycles. The van der Waals surface area contributed by atoms with Crippen LogP contribution >= 0.6 is 15.9 Å². The largest absolute Gasteiger partial charge is 0.286 e. The van der Waals surface area contributed by atoms with Gasteiger partial charge in [-0.1, -0.05) is 22.9 Å². The number of nitrogens with zero attached hydrogens (tertiary/aromatic N) is 1. The Bertz CT molecular complexity index is 580. The van der Waals surface area contributed by atoms with Crippen LogP contribution in [0, 0.1) is 0 Å². The Kier molecular flexibility index (Phi) is 5.10. The van der Waals surface area contributed by atoms with Crippen LogP contribution in [0.3, 0.4) is 0 Å². The van der Waals surface area contributed by atoms with Gasteiger partial charge in [-0.05, 0) is 24.6 Å². The fourth-order valence-corrected chi connectivity index (χ4v) is 2.07. The minimum atomic E-state index is -3.67. The van der Waals surface area contributed by atoms with E-state index in [1.165, 1.54) is 0 Å². The van der Waals surface area contributed by atoms with Crippen molar-refractivity contribution in [1.29, 1.82) is 0 Å². The molecule has 0 amide bonds. The van der Waals surface area contributed by atoms with Gasteiger partial charge in [0.15, 0.2) is 0 Å². The van der Waals surface area contributed by atoms with Gasteiger partial charge in [-0.3, -0.25) is 9.65 Å². The summed E-state index contributed by atoms with van der Waals surface area (Å²) < 4.78 is 28.6. The van der Waals surface area contributed by atoms with Crippen molar-refractivity contribution in [3.63, 3.8) is 0 Å². The Morgan fingerprint density at radius 1 is 1.47 bits per heavy atom. The van der Waals surface area contributed by atoms with Gasteiger partial charge in [-0.25, -0.2) is 0 Å². The fraction of sp³-hybridized carbons (Fsp3) is 0.300. The highest BCUT2D eigenvalue weighted by molar-refractivity contribution is 9.10. The third-order valence-corrected chi connectivity index (χ3v) is 3.28. The van der Waals surface area contributed by atoms with Crippen LogP contribution in [-0.2, 0) is 10.1 Å². The molecule has 5 nitrogen and oxygen atoms in total. The standard InChI is InChI=1S/C7H5BrN2.C3H8O3S/c8-6-1-2-7-5(3-6)4-9-10-7;1-2-3-7(4,5)6/h1-4H,(H,9,10);2-3H2,1H3,(H,4,5,6). The lowest BCUT2D eigenvalue weighted by Crippen LogP contribution is -2.01. The van der Waals surface area contributed by atoms with Gasteiger partial charge in [0, 0.05) is 9.86 Å². The summed E-state index contributed by atoms with van der Waals surface area (Å²) >= 11 is 3.38. The van der Waals surface area contributed by atoms with Crippen molar-refractivity contribution in [2.45, 2.75) is 13.3 Å². The van der Waals surface area contributed by atoms with Gasteiger partial charge in [-0.15, -0.1) is 0 Å². The second-order valence-corrected chi connectivity index (χ2v) is 5.88. The number of nitrogens with one attached hydrogen (secondary N) is 1. The molecule has 2 aromatic rings. The predicted octanol–water partition coefficient (Wildman–Crippen LogP) is 2.61. The molecule has 0 saturated heterocycles. The molecule has 1 aromatic heterocycles. The maximum absolute atomic E-state index is 9.79. The lowest BCUT2D eigenvalue weighted by atomic mass is 10.3. The fourth-order valence-electron chi connectivity index (χ4n) is 1.17. The van der Waals surface area contributed by atoms with E-state index in [1.54, 1.807) is 13.1 Å². The van der Waals surface area contributed by atoms with Crippen LogP contribution < -0.4 is 0 Å². The number of rotatable bonds is 2. The third kappa shape index (κ3) is 5.29. The van der Waals surface area contributed by atoms with Gasteiger partial charge in [0.2, 0.25) is 0 Å². The van der Waals surface area contributed by atoms with Crippen molar-refractivity contribution >= 4 is 37.0 Å². The van der Waals surface area contributed by atoms with E-state index in [2.05, 4.69) is 26.1 Å². The molecule has 0 saturated carbocycles. The highest BCUT2D eigenvalue weighted by atomic mass is 79.9. The molecular weight excluding hydrogens is 308 g/mol. The van der Waals surface area contributed by atoms with Gasteiger partial charge in [0.05, 0.1) is 17.5 Å². The summed E-state index contributed by atoms with van der Waals surface area (Å²) in [4.78, 5) is 0. The van der Waals surface area contributed by atoms with Crippen molar-refractivity contribution in [2.75, 3.05) is 5.75 Å². The normalized spacial score (nSPS) is 11.0. The highest BCUT2D eigenvalue weighted by Crippen LogP contribution is 2.16. The van der Waals surface area contributed by atoms with Crippen LogP contribution in [-0.4, -0.2) is 28.9 Å². The summed E-state index contributed by atoms with van der Waals surface area (Å²) in [7, 11) is -3.67. The zero-order valence-corrected chi connectivity index (χ0v) is 11.6. The van der Waals surface area contributed by atoms with Crippen LogP contribution in [0.4, 0.5) is 0 Å². The molecule has 0 aliphatic heterocycles. The zero-order valence-electron chi connectivity index (χ0n) is 9.22. The first-order valence-corrected chi connectivity index (χ1v) is 7.36. The molecular formula is C10H13BrN2O3S. The number of halogens is 1. The molecule has 94 valence electrons. The van der Waals surface area contributed by atoms with Gasteiger partial charge in [-0.2, -0.15) is 13.5 Å². The summed E-state index contributed by atoms with van der Waals surface area (Å²) in [5.41, 5.74) is 1.07. The van der Waals surface area contributed by atoms with E-state index in [-0.39, 0.29) is 5.75 Å². The lowest BCUT2D eigenvalue weighted by Gasteiger charge is -1.87. The molecule has 0 spiro atoms. The maximum atomic E-state index is 9.79. The van der Waals surface area contributed by atoms with Crippen molar-refractivity contribution in [1.82, 2.24) is 10.2 Å². The molecule has 2 N–H and O–H groups in total. The summed E-state index contributed by atoms with van der Waals surface area (Å²) in [5, 5.41) is 7.91. The number of aromatic nitrogens is 2. The Morgan fingerprint density at radius 2 is 2.18 bits per heavy atom. The first-order chi connectivity index (χ1) is 7.92. The number of aromatic amines is 1. The molecule has 0 atom stereocenters. The smallest absolute Gasteiger partial charge is 0.264 e. The van der Waals surface area contributed by atoms with Crippen molar-refractivity contribution in [3.8, 4) is 0 Å². The van der Waals surface area contributed by atoms with Gasteiger partial charge >= 0.3 is 0 Å². The van der Waals surface area contributed by atoms with Gasteiger partial charge in [0.25, 0.3) is 10.1 Å². The van der Waals surface area contributed by atoms with Gasteiger partial charge < -0.3 is 0 Å². The highest BCUT2D eigenvalue weighted by Gasteiger charge is 1.98. The van der Waals surface area contributed by atoms with Crippen LogP contribution in [0.2, 0.25) is 0 Å². The van der Waals surface area contributed by atoms with Crippen LogP contribution in [0.5, 0.6) is 0 Å². The minimum absolute atomic E-state index is 0.132. The molecule has 0 bridgehead atoms. The van der Waals surface area contributed by atoms with Crippen molar-refractivity contribution in [2.24, 2.45) is 0 Å². The quantitative estimate of drug-likeness (QED) is 0.833. The monoisotopic (exact) mass is 320 g/mol. The maximum Gasteiger partial charge on any atom is 0.264 e. The predicted molar refractivity (Wildman–Crippen MR) is 70.5 cm³/mol. The molecule has 7 heteroatoms. The lowest BCUT2D eigenvalue weighted by molar-refractivity contribution is 0.482. The van der Waals surface area contributed by atoms with E-state index in [4.69, 9.17) is 4.55 Å². The Morgan fingerprint density at radius 3 is 2.71 bits per heavy atom. The second kappa shape index (κ2) is 6.13. The average Bonchev–Trinajstić information content (AvgIpc) is 2.63. The third-order valence-electron chi connectivity index (χ3n) is 1.86. The van der Waals surface area contributed by atoms with E-state index in [9.17, 15) is 8.42 Å². The number of benzene rings is 1. The minimum Gasteiger partial charge on any atom is -0.286 e. The van der Waals surface area contributed by atoms with Crippen molar-refractivity contribution < 1.29 is 13.0 Å². The molecule has 0 aliphatic rings. The first-order valence-electron chi connectivity index (χ1n) is 4.96. The van der Waals surface area contributed by atoms with Crippen LogP contribution in [0.1, 0.15) is 13.3 Å². The van der Waals surface area contributed by atoms with E-state index in [0.29, 0.717) is 6.42 Å². The Labute approximate surface area is 108 Å². The molecule has 17 heavy (non-hydrogen) atoms. The van der Waals surface area contributed by atoms with E-state index >= 15 is 0 Å². The molecule has 1 heterocycles. The van der Waals surface area contributed by atoms with E-state index < -0.39 is 10.1 Å². The second-order valence-electron chi connectivity index (χ2n) is 3.39. The SMILES string of the molecule is Brc1ccc2[nH]ncc2c1.CCCS(=O)(=O)O. The molecule has 0 aliphatic carbocycles. The summed E-state index contributed by atoms with van der Waals surface area (Å²) in [6, 6.07) is 6.01. The molecule has 0 radical (unpaired) electrons. The number of fused-ring (bicyclic) bond motifs is 1.